The highest BCUT2D eigenvalue weighted by atomic mass is 16.1. The molecular weight excluding hydrogens is 212 g/mol. The predicted molar refractivity (Wildman–Crippen MR) is 71.4 cm³/mol. The number of carbonyl (C=O) groups excluding carboxylic acids is 1. The van der Waals surface area contributed by atoms with Crippen LogP contribution in [0.4, 0.5) is 0 Å². The minimum Gasteiger partial charge on any atom is -0.352 e. The van der Waals surface area contributed by atoms with Crippen molar-refractivity contribution in [1.29, 1.82) is 0 Å². The van der Waals surface area contributed by atoms with Gasteiger partial charge in [-0.3, -0.25) is 4.79 Å². The number of rotatable bonds is 6. The highest BCUT2D eigenvalue weighted by molar-refractivity contribution is 5.95. The number of hydrogen-bond donors (Lipinski definition) is 2. The van der Waals surface area contributed by atoms with Crippen molar-refractivity contribution in [2.75, 3.05) is 19.6 Å². The molecular formula is C14H22N2O. The van der Waals surface area contributed by atoms with Crippen LogP contribution in [0.15, 0.2) is 18.2 Å². The molecule has 0 aliphatic carbocycles. The molecule has 1 aromatic carbocycles. The number of carbonyl (C=O) groups is 1. The summed E-state index contributed by atoms with van der Waals surface area (Å²) in [6.45, 7) is 8.73. The van der Waals surface area contributed by atoms with Crippen LogP contribution in [0.5, 0.6) is 0 Å². The Kier molecular flexibility index (Phi) is 5.70. The monoisotopic (exact) mass is 234 g/mol. The Morgan fingerprint density at radius 1 is 1.24 bits per heavy atom. The molecule has 0 radical (unpaired) electrons. The van der Waals surface area contributed by atoms with Crippen LogP contribution >= 0.6 is 0 Å². The van der Waals surface area contributed by atoms with Crippen molar-refractivity contribution >= 4 is 5.91 Å². The van der Waals surface area contributed by atoms with E-state index in [2.05, 4.69) is 17.6 Å². The first kappa shape index (κ1) is 13.7. The van der Waals surface area contributed by atoms with Gasteiger partial charge in [-0.05, 0) is 45.0 Å². The van der Waals surface area contributed by atoms with E-state index in [4.69, 9.17) is 0 Å². The van der Waals surface area contributed by atoms with Gasteiger partial charge >= 0.3 is 0 Å². The summed E-state index contributed by atoms with van der Waals surface area (Å²) in [5.74, 6) is 0.0269. The minimum atomic E-state index is 0.0269. The minimum absolute atomic E-state index is 0.0269. The Morgan fingerprint density at radius 3 is 2.65 bits per heavy atom. The van der Waals surface area contributed by atoms with E-state index in [1.165, 1.54) is 5.56 Å². The van der Waals surface area contributed by atoms with Crippen molar-refractivity contribution in [2.45, 2.75) is 27.2 Å². The largest absolute Gasteiger partial charge is 0.352 e. The lowest BCUT2D eigenvalue weighted by Gasteiger charge is -2.08. The maximum absolute atomic E-state index is 11.9. The molecule has 2 N–H and O–H groups in total. The fraction of sp³-hybridized carbons (Fsp3) is 0.500. The SMILES string of the molecule is CCNCCCNC(=O)c1ccc(C)cc1C. The van der Waals surface area contributed by atoms with Gasteiger partial charge in [0, 0.05) is 12.1 Å². The summed E-state index contributed by atoms with van der Waals surface area (Å²) in [5, 5.41) is 6.17. The van der Waals surface area contributed by atoms with Gasteiger partial charge in [-0.2, -0.15) is 0 Å². The zero-order valence-electron chi connectivity index (χ0n) is 11.0. The molecule has 0 fully saturated rings. The van der Waals surface area contributed by atoms with E-state index in [1.807, 2.05) is 32.0 Å². The van der Waals surface area contributed by atoms with Crippen LogP contribution in [0, 0.1) is 13.8 Å². The first-order valence-corrected chi connectivity index (χ1v) is 6.21. The fourth-order valence-electron chi connectivity index (χ4n) is 1.76. The van der Waals surface area contributed by atoms with Crippen LogP contribution in [-0.2, 0) is 0 Å². The van der Waals surface area contributed by atoms with Crippen LogP contribution in [0.3, 0.4) is 0 Å². The molecule has 0 bridgehead atoms. The summed E-state index contributed by atoms with van der Waals surface area (Å²) in [6, 6.07) is 5.90. The molecule has 0 saturated carbocycles. The lowest BCUT2D eigenvalue weighted by molar-refractivity contribution is 0.0952. The van der Waals surface area contributed by atoms with E-state index in [0.29, 0.717) is 0 Å². The summed E-state index contributed by atoms with van der Waals surface area (Å²) < 4.78 is 0. The Morgan fingerprint density at radius 2 is 2.00 bits per heavy atom. The van der Waals surface area contributed by atoms with Crippen molar-refractivity contribution in [3.63, 3.8) is 0 Å². The average molecular weight is 234 g/mol. The summed E-state index contributed by atoms with van der Waals surface area (Å²) in [4.78, 5) is 11.9. The van der Waals surface area contributed by atoms with Crippen molar-refractivity contribution in [3.05, 3.63) is 34.9 Å². The number of aryl methyl sites for hydroxylation is 2. The summed E-state index contributed by atoms with van der Waals surface area (Å²) >= 11 is 0. The van der Waals surface area contributed by atoms with Crippen molar-refractivity contribution in [3.8, 4) is 0 Å². The standard InChI is InChI=1S/C14H22N2O/c1-4-15-8-5-9-16-14(17)13-7-6-11(2)10-12(13)3/h6-7,10,15H,4-5,8-9H2,1-3H3,(H,16,17). The molecule has 0 atom stereocenters. The number of nitrogens with one attached hydrogen (secondary N) is 2. The zero-order valence-corrected chi connectivity index (χ0v) is 11.0. The maximum atomic E-state index is 11.9. The molecule has 94 valence electrons. The quantitative estimate of drug-likeness (QED) is 0.739. The lowest BCUT2D eigenvalue weighted by Crippen LogP contribution is -2.27. The van der Waals surface area contributed by atoms with Gasteiger partial charge in [0.05, 0.1) is 0 Å². The smallest absolute Gasteiger partial charge is 0.251 e. The molecule has 0 heterocycles. The third kappa shape index (κ3) is 4.57. The predicted octanol–water partition coefficient (Wildman–Crippen LogP) is 2.03. The van der Waals surface area contributed by atoms with Gasteiger partial charge in [0.25, 0.3) is 5.91 Å². The second-order valence-corrected chi connectivity index (χ2v) is 4.28. The topological polar surface area (TPSA) is 41.1 Å². The molecule has 17 heavy (non-hydrogen) atoms. The summed E-state index contributed by atoms with van der Waals surface area (Å²) in [6.07, 6.45) is 0.963. The molecule has 1 amide bonds. The van der Waals surface area contributed by atoms with Gasteiger partial charge in [0.15, 0.2) is 0 Å². The van der Waals surface area contributed by atoms with Gasteiger partial charge in [-0.15, -0.1) is 0 Å². The van der Waals surface area contributed by atoms with E-state index >= 15 is 0 Å². The van der Waals surface area contributed by atoms with Crippen LogP contribution < -0.4 is 10.6 Å². The van der Waals surface area contributed by atoms with Crippen LogP contribution in [0.25, 0.3) is 0 Å². The molecule has 0 unspecified atom stereocenters. The lowest BCUT2D eigenvalue weighted by atomic mass is 10.1. The van der Waals surface area contributed by atoms with Gasteiger partial charge in [0.1, 0.15) is 0 Å². The summed E-state index contributed by atoms with van der Waals surface area (Å²) in [5.41, 5.74) is 3.00. The van der Waals surface area contributed by atoms with Crippen molar-refractivity contribution in [2.24, 2.45) is 0 Å². The van der Waals surface area contributed by atoms with Crippen molar-refractivity contribution in [1.82, 2.24) is 10.6 Å². The molecule has 0 spiro atoms. The zero-order chi connectivity index (χ0) is 12.7. The molecule has 0 aliphatic heterocycles. The van der Waals surface area contributed by atoms with Crippen LogP contribution in [-0.4, -0.2) is 25.5 Å². The third-order valence-corrected chi connectivity index (χ3v) is 2.69. The van der Waals surface area contributed by atoms with E-state index in [1.54, 1.807) is 0 Å². The normalized spacial score (nSPS) is 10.3. The van der Waals surface area contributed by atoms with E-state index in [-0.39, 0.29) is 5.91 Å². The highest BCUT2D eigenvalue weighted by Gasteiger charge is 2.07. The third-order valence-electron chi connectivity index (χ3n) is 2.69. The van der Waals surface area contributed by atoms with Gasteiger partial charge in [-0.1, -0.05) is 24.6 Å². The second-order valence-electron chi connectivity index (χ2n) is 4.28. The Hall–Kier alpha value is -1.35. The first-order valence-electron chi connectivity index (χ1n) is 6.21. The second kappa shape index (κ2) is 7.07. The van der Waals surface area contributed by atoms with Crippen LogP contribution in [0.1, 0.15) is 34.8 Å². The number of amides is 1. The number of hydrogen-bond acceptors (Lipinski definition) is 2. The molecule has 3 heteroatoms. The fourth-order valence-corrected chi connectivity index (χ4v) is 1.76. The Balaban J connectivity index is 2.42. The highest BCUT2D eigenvalue weighted by Crippen LogP contribution is 2.10. The maximum Gasteiger partial charge on any atom is 0.251 e. The van der Waals surface area contributed by atoms with Crippen molar-refractivity contribution < 1.29 is 4.79 Å². The molecule has 0 aliphatic rings. The van der Waals surface area contributed by atoms with E-state index in [0.717, 1.165) is 37.2 Å². The average Bonchev–Trinajstić information content (AvgIpc) is 2.28. The first-order chi connectivity index (χ1) is 8.15. The van der Waals surface area contributed by atoms with Gasteiger partial charge in [0.2, 0.25) is 0 Å². The van der Waals surface area contributed by atoms with Crippen LogP contribution in [0.2, 0.25) is 0 Å². The molecule has 1 aromatic rings. The molecule has 0 saturated heterocycles. The van der Waals surface area contributed by atoms with E-state index in [9.17, 15) is 4.79 Å². The summed E-state index contributed by atoms with van der Waals surface area (Å²) in [7, 11) is 0. The molecule has 0 aromatic heterocycles. The Labute approximate surface area is 104 Å². The van der Waals surface area contributed by atoms with Gasteiger partial charge < -0.3 is 10.6 Å². The van der Waals surface area contributed by atoms with Gasteiger partial charge in [-0.25, -0.2) is 0 Å². The molecule has 3 nitrogen and oxygen atoms in total. The van der Waals surface area contributed by atoms with E-state index < -0.39 is 0 Å². The Bertz CT molecular complexity index is 374. The molecule has 1 rings (SSSR count). The number of benzene rings is 1.